The molecule has 1 amide bonds. The van der Waals surface area contributed by atoms with Gasteiger partial charge in [0.1, 0.15) is 5.78 Å². The van der Waals surface area contributed by atoms with Crippen molar-refractivity contribution < 1.29 is 43.9 Å². The van der Waals surface area contributed by atoms with Gasteiger partial charge in [-0.25, -0.2) is 28.5 Å². The van der Waals surface area contributed by atoms with Gasteiger partial charge in [0.25, 0.3) is 0 Å². The van der Waals surface area contributed by atoms with Crippen molar-refractivity contribution in [3.63, 3.8) is 0 Å². The number of carbonyl (C=O) groups is 2. The summed E-state index contributed by atoms with van der Waals surface area (Å²) in [7, 11) is 6.92. The molecule has 5 aliphatic carbocycles. The van der Waals surface area contributed by atoms with Gasteiger partial charge in [0.15, 0.2) is 0 Å². The van der Waals surface area contributed by atoms with Crippen LogP contribution in [-0.4, -0.2) is 199 Å². The van der Waals surface area contributed by atoms with E-state index >= 15 is 0 Å². The lowest BCUT2D eigenvalue weighted by Gasteiger charge is -2.25. The summed E-state index contributed by atoms with van der Waals surface area (Å²) in [6.07, 6.45) is 35.2. The molecule has 15 rings (SSSR count). The number of Topliss-reactive ketones (excluding diaryl/α,β-unsaturated/α-hetero) is 1. The summed E-state index contributed by atoms with van der Waals surface area (Å²) in [6.45, 7) is 13.0. The van der Waals surface area contributed by atoms with Crippen LogP contribution in [0.15, 0.2) is 79.8 Å². The maximum absolute atomic E-state index is 12.0. The third-order valence-corrected chi connectivity index (χ3v) is 21.9. The molecule has 10 heterocycles. The Hall–Kier alpha value is -7.98. The maximum atomic E-state index is 12.0. The minimum absolute atomic E-state index is 0.0838. The molecule has 0 bridgehead atoms. The molecule has 2 unspecified atom stereocenters. The number of anilines is 3. The van der Waals surface area contributed by atoms with E-state index in [0.29, 0.717) is 79.5 Å². The van der Waals surface area contributed by atoms with Crippen LogP contribution in [-0.2, 0) is 41.6 Å². The molecule has 0 spiro atoms. The number of fused-ring (bicyclic) bond motifs is 3. The van der Waals surface area contributed by atoms with Crippen LogP contribution in [0.1, 0.15) is 177 Å². The van der Waals surface area contributed by atoms with Crippen molar-refractivity contribution in [1.29, 1.82) is 0 Å². The van der Waals surface area contributed by atoms with E-state index in [1.165, 1.54) is 17.0 Å². The highest BCUT2D eigenvalue weighted by molar-refractivity contribution is 5.87. The zero-order chi connectivity index (χ0) is 71.1. The number of carbonyl (C=O) groups excluding carboxylic acids is 2. The number of ether oxygens (including phenoxy) is 4. The SMILES string of the molecule is COC[C@H](C)Nc1ncc2c(-c3cnn(C[C@@H]4CC(=O)N(C)C4)c3)cc(C3CCC(O)CC3)n2n1.COC[C@H](C)Nc1ncc2c(-c3cnn(C[C@@H]4CCO4)c3)cc(C3CCC(O)CC3)n2n1.COC[C@H](C)Nc1ncc2c(C3=CC(C[C@H]4CC(=O)C(C)C4)C=C3)cc(C3CCC(O)CC3)n2n1. The summed E-state index contributed by atoms with van der Waals surface area (Å²) in [5.41, 5.74) is 13.0. The minimum atomic E-state index is -0.210. The highest BCUT2D eigenvalue weighted by Crippen LogP contribution is 2.43. The molecule has 6 N–H and O–H groups in total. The van der Waals surface area contributed by atoms with Gasteiger partial charge in [-0.3, -0.25) is 19.0 Å². The zero-order valence-corrected chi connectivity index (χ0v) is 60.6. The second-order valence-electron chi connectivity index (χ2n) is 30.2. The number of hydrogen-bond donors (Lipinski definition) is 6. The Kier molecular flexibility index (Phi) is 23.3. The number of aliphatic hydroxyl groups excluding tert-OH is 3. The van der Waals surface area contributed by atoms with Gasteiger partial charge in [-0.1, -0.05) is 25.2 Å². The number of likely N-dealkylation sites (tertiary alicyclic amines) is 1. The van der Waals surface area contributed by atoms with Crippen LogP contribution in [0.4, 0.5) is 17.8 Å². The maximum Gasteiger partial charge on any atom is 0.241 e. The fourth-order valence-corrected chi connectivity index (χ4v) is 16.3. The summed E-state index contributed by atoms with van der Waals surface area (Å²) in [5.74, 6) is 4.76. The predicted molar refractivity (Wildman–Crippen MR) is 390 cm³/mol. The summed E-state index contributed by atoms with van der Waals surface area (Å²) < 4.78 is 31.3. The average molecular weight is 1400 g/mol. The van der Waals surface area contributed by atoms with Crippen molar-refractivity contribution in [3.8, 4) is 22.3 Å². The molecule has 0 aromatic carbocycles. The quantitative estimate of drug-likeness (QED) is 0.0328. The minimum Gasteiger partial charge on any atom is -0.393 e. The van der Waals surface area contributed by atoms with Crippen molar-refractivity contribution in [1.82, 2.24) is 68.3 Å². The summed E-state index contributed by atoms with van der Waals surface area (Å²) in [6, 6.07) is 7.02. The van der Waals surface area contributed by atoms with E-state index in [-0.39, 0.29) is 60.3 Å². The van der Waals surface area contributed by atoms with E-state index in [1.807, 2.05) is 70.3 Å². The van der Waals surface area contributed by atoms with Gasteiger partial charge in [0.2, 0.25) is 23.8 Å². The number of methoxy groups -OCH3 is 3. The molecule has 8 aromatic rings. The average Bonchev–Trinajstić information content (AvgIpc) is 1.62. The molecule has 2 saturated heterocycles. The summed E-state index contributed by atoms with van der Waals surface area (Å²) >= 11 is 0. The lowest BCUT2D eigenvalue weighted by atomic mass is 9.85. The third-order valence-electron chi connectivity index (χ3n) is 21.9. The number of rotatable bonds is 24. The van der Waals surface area contributed by atoms with Crippen LogP contribution in [0, 0.1) is 23.7 Å². The third kappa shape index (κ3) is 17.1. The second kappa shape index (κ2) is 32.8. The first-order valence-corrected chi connectivity index (χ1v) is 37.2. The van der Waals surface area contributed by atoms with E-state index in [2.05, 4.69) is 108 Å². The van der Waals surface area contributed by atoms with Crippen LogP contribution in [0.3, 0.4) is 0 Å². The number of ketones is 1. The molecular formula is C76H105N17O9. The fourth-order valence-electron chi connectivity index (χ4n) is 16.3. The monoisotopic (exact) mass is 1400 g/mol. The van der Waals surface area contributed by atoms with Crippen LogP contribution < -0.4 is 16.0 Å². The molecule has 26 heteroatoms. The summed E-state index contributed by atoms with van der Waals surface area (Å²) in [5, 5.41) is 63.8. The Labute approximate surface area is 597 Å². The molecular weight excluding hydrogens is 1290 g/mol. The van der Waals surface area contributed by atoms with Crippen LogP contribution in [0.5, 0.6) is 0 Å². The van der Waals surface area contributed by atoms with Gasteiger partial charge in [0.05, 0.1) is 98.3 Å². The molecule has 7 aliphatic rings. The Morgan fingerprint density at radius 3 is 1.39 bits per heavy atom. The van der Waals surface area contributed by atoms with E-state index in [4.69, 9.17) is 34.2 Å². The second-order valence-corrected chi connectivity index (χ2v) is 30.2. The number of nitrogens with one attached hydrogen (secondary N) is 3. The first-order chi connectivity index (χ1) is 49.4. The van der Waals surface area contributed by atoms with Crippen LogP contribution in [0.25, 0.3) is 44.4 Å². The topological polar surface area (TPSA) is 297 Å². The molecule has 6 fully saturated rings. The normalized spacial score (nSPS) is 26.0. The lowest BCUT2D eigenvalue weighted by molar-refractivity contribution is -0.126. The molecule has 26 nitrogen and oxygen atoms in total. The van der Waals surface area contributed by atoms with Gasteiger partial charge in [-0.2, -0.15) is 10.2 Å². The van der Waals surface area contributed by atoms with Gasteiger partial charge in [-0.05, 0) is 153 Å². The van der Waals surface area contributed by atoms with Gasteiger partial charge < -0.3 is 55.1 Å². The first-order valence-electron chi connectivity index (χ1n) is 37.2. The number of aromatic nitrogens is 13. The van der Waals surface area contributed by atoms with Gasteiger partial charge >= 0.3 is 0 Å². The van der Waals surface area contributed by atoms with Crippen molar-refractivity contribution >= 4 is 51.7 Å². The highest BCUT2D eigenvalue weighted by atomic mass is 16.5. The zero-order valence-electron chi connectivity index (χ0n) is 60.6. The van der Waals surface area contributed by atoms with Crippen LogP contribution >= 0.6 is 0 Å². The number of aliphatic hydroxyl groups is 3. The molecule has 2 aliphatic heterocycles. The standard InChI is InChI=1S/C28H38N4O3.C25H35N7O3.C23H32N6O3/c1-17-10-20(13-27(17)34)11-19-4-5-22(12-19)24-14-25(21-6-8-23(33)9-7-21)32-26(24)15-29-28(31-32)30-18(2)16-35-3;1-16(15-35-3)28-25-26-11-23-21(9-22(32(23)29-25)18-4-6-20(33)7-5-18)19-10-27-31(14-19)13-17-8-24(34)30(2)12-17;1-15(14-31-2)26-23-24-11-22-20(17-10-25-28(12-17)13-19-7-8-32-19)9-21(29(22)27-23)16-3-5-18(30)6-4-16/h4-5,12,14-15,17-21,23,33H,6-11,13,16H2,1-3H3,(H,30,31);9-11,14,16-18,20,33H,4-8,12-13,15H2,1-3H3,(H,28,29);9-12,15-16,18-19,30H,3-8,13-14H2,1-2H3,(H,26,27)/t17?,18-,19?,20-,21?,23?;16-,17+,18?,20?;15-,16?,18?,19-/m000/s1. The van der Waals surface area contributed by atoms with E-state index in [9.17, 15) is 24.9 Å². The molecule has 8 aromatic heterocycles. The number of amides is 1. The number of hydrogen-bond acceptors (Lipinski definition) is 20. The molecule has 8 atom stereocenters. The van der Waals surface area contributed by atoms with E-state index in [0.717, 1.165) is 179 Å². The molecule has 4 saturated carbocycles. The smallest absolute Gasteiger partial charge is 0.241 e. The largest absolute Gasteiger partial charge is 0.393 e. The Bertz CT molecular complexity index is 4200. The van der Waals surface area contributed by atoms with Crippen molar-refractivity contribution in [3.05, 3.63) is 102 Å². The number of allylic oxidation sites excluding steroid dienone is 4. The van der Waals surface area contributed by atoms with Gasteiger partial charge in [-0.15, -0.1) is 15.3 Å². The first kappa shape index (κ1) is 72.4. The predicted octanol–water partition coefficient (Wildman–Crippen LogP) is 10.2. The summed E-state index contributed by atoms with van der Waals surface area (Å²) in [4.78, 5) is 39.5. The number of nitrogens with zero attached hydrogens (tertiary/aromatic N) is 14. The van der Waals surface area contributed by atoms with E-state index in [1.54, 1.807) is 26.2 Å². The van der Waals surface area contributed by atoms with Crippen molar-refractivity contribution in [2.45, 2.75) is 210 Å². The van der Waals surface area contributed by atoms with Crippen molar-refractivity contribution in [2.75, 3.05) is 77.3 Å². The van der Waals surface area contributed by atoms with E-state index < -0.39 is 0 Å². The highest BCUT2D eigenvalue weighted by Gasteiger charge is 2.34. The molecule has 548 valence electrons. The Balaban J connectivity index is 0.000000137. The van der Waals surface area contributed by atoms with Crippen molar-refractivity contribution in [2.24, 2.45) is 23.7 Å². The van der Waals surface area contributed by atoms with Gasteiger partial charge in [0, 0.05) is 166 Å². The fraction of sp³-hybridized carbons (Fsp3) is 0.605. The van der Waals surface area contributed by atoms with Crippen LogP contribution in [0.2, 0.25) is 0 Å². The molecule has 102 heavy (non-hydrogen) atoms. The lowest BCUT2D eigenvalue weighted by Crippen LogP contribution is -2.31. The Morgan fingerprint density at radius 2 is 1.00 bits per heavy atom. The molecule has 0 radical (unpaired) electrons. The Morgan fingerprint density at radius 1 is 0.569 bits per heavy atom.